The molecule has 0 unspecified atom stereocenters. The molecule has 3 heteroatoms. The second-order valence-corrected chi connectivity index (χ2v) is 3.14. The lowest BCUT2D eigenvalue weighted by molar-refractivity contribution is 0.687. The number of aromatic nitrogens is 2. The minimum absolute atomic E-state index is 0.414. The molecule has 0 saturated carbocycles. The van der Waals surface area contributed by atoms with Crippen LogP contribution in [0.3, 0.4) is 0 Å². The molecule has 0 aliphatic rings. The summed E-state index contributed by atoms with van der Waals surface area (Å²) in [6, 6.07) is 8.05. The van der Waals surface area contributed by atoms with Gasteiger partial charge in [-0.3, -0.25) is 4.68 Å². The summed E-state index contributed by atoms with van der Waals surface area (Å²) < 4.78 is 9.02. The van der Waals surface area contributed by atoms with Crippen LogP contribution in [-0.4, -0.2) is 9.78 Å². The van der Waals surface area contributed by atoms with E-state index in [1.165, 1.54) is 6.20 Å². The van der Waals surface area contributed by atoms with Crippen LogP contribution >= 0.6 is 11.6 Å². The van der Waals surface area contributed by atoms with Gasteiger partial charge in [-0.2, -0.15) is 5.10 Å². The molecule has 0 radical (unpaired) electrons. The minimum Gasteiger partial charge on any atom is -0.268 e. The van der Waals surface area contributed by atoms with E-state index < -0.39 is 0 Å². The highest BCUT2D eigenvalue weighted by Crippen LogP contribution is 2.15. The van der Waals surface area contributed by atoms with Crippen molar-refractivity contribution >= 4 is 11.6 Å². The molecule has 0 aliphatic carbocycles. The molecule has 0 aliphatic heterocycles. The van der Waals surface area contributed by atoms with Crippen LogP contribution < -0.4 is 0 Å². The van der Waals surface area contributed by atoms with Gasteiger partial charge in [0.05, 0.1) is 7.92 Å². The maximum absolute atomic E-state index is 7.32. The Morgan fingerprint density at radius 1 is 1.46 bits per heavy atom. The lowest BCUT2D eigenvalue weighted by Crippen LogP contribution is -1.99. The van der Waals surface area contributed by atoms with Crippen LogP contribution in [0, 0.1) is 0 Å². The van der Waals surface area contributed by atoms with Crippen molar-refractivity contribution in [2.75, 3.05) is 0 Å². The van der Waals surface area contributed by atoms with Gasteiger partial charge in [0.2, 0.25) is 0 Å². The van der Waals surface area contributed by atoms with Crippen LogP contribution in [0.2, 0.25) is 5.02 Å². The van der Waals surface area contributed by atoms with E-state index in [2.05, 4.69) is 5.10 Å². The quantitative estimate of drug-likeness (QED) is 0.717. The summed E-state index contributed by atoms with van der Waals surface area (Å²) in [6.07, 6.45) is 3.18. The van der Waals surface area contributed by atoms with Crippen molar-refractivity contribution in [2.45, 2.75) is 6.54 Å². The number of benzene rings is 1. The Morgan fingerprint density at radius 3 is 3.00 bits per heavy atom. The van der Waals surface area contributed by atoms with E-state index in [9.17, 15) is 0 Å². The first kappa shape index (κ1) is 7.15. The molecule has 66 valence electrons. The summed E-state index contributed by atoms with van der Waals surface area (Å²) in [5.41, 5.74) is 1.01. The van der Waals surface area contributed by atoms with Crippen molar-refractivity contribution in [2.24, 2.45) is 0 Å². The van der Waals surface area contributed by atoms with Crippen LogP contribution in [0.4, 0.5) is 0 Å². The maximum atomic E-state index is 7.32. The first-order valence-corrected chi connectivity index (χ1v) is 4.36. The molecule has 2 rings (SSSR count). The predicted molar refractivity (Wildman–Crippen MR) is 52.8 cm³/mol. The van der Waals surface area contributed by atoms with Gasteiger partial charge < -0.3 is 0 Å². The summed E-state index contributed by atoms with van der Waals surface area (Å²) in [6.45, 7) is 0.610. The van der Waals surface area contributed by atoms with Crippen molar-refractivity contribution in [1.29, 1.82) is 0 Å². The van der Waals surface area contributed by atoms with Crippen LogP contribution in [0.15, 0.2) is 42.7 Å². The van der Waals surface area contributed by atoms with Gasteiger partial charge in [0, 0.05) is 17.4 Å². The first-order chi connectivity index (χ1) is 6.75. The Hall–Kier alpha value is -1.28. The van der Waals surface area contributed by atoms with E-state index in [1.807, 2.05) is 24.3 Å². The SMILES string of the molecule is [2H]c1cnn(Cc2ccccc2Cl)c1. The number of hydrogen-bond acceptors (Lipinski definition) is 1. The summed E-state index contributed by atoms with van der Waals surface area (Å²) >= 11 is 5.99. The van der Waals surface area contributed by atoms with Gasteiger partial charge in [-0.15, -0.1) is 0 Å². The first-order valence-electron chi connectivity index (χ1n) is 4.48. The van der Waals surface area contributed by atoms with Crippen molar-refractivity contribution in [3.05, 3.63) is 53.3 Å². The fraction of sp³-hybridized carbons (Fsp3) is 0.100. The molecule has 0 bridgehead atoms. The Kier molecular flexibility index (Phi) is 1.99. The van der Waals surface area contributed by atoms with Gasteiger partial charge in [0.15, 0.2) is 0 Å². The monoisotopic (exact) mass is 193 g/mol. The third kappa shape index (κ3) is 1.90. The average Bonchev–Trinajstić information content (AvgIpc) is 2.56. The highest BCUT2D eigenvalue weighted by atomic mass is 35.5. The molecule has 2 aromatic rings. The van der Waals surface area contributed by atoms with Gasteiger partial charge in [-0.25, -0.2) is 0 Å². The highest BCUT2D eigenvalue weighted by Gasteiger charge is 1.98. The van der Waals surface area contributed by atoms with Crippen LogP contribution in [0.25, 0.3) is 0 Å². The molecule has 1 aromatic heterocycles. The van der Waals surface area contributed by atoms with Crippen molar-refractivity contribution < 1.29 is 1.37 Å². The Bertz CT molecular complexity index is 439. The molecular weight excluding hydrogens is 184 g/mol. The van der Waals surface area contributed by atoms with Gasteiger partial charge in [0.1, 0.15) is 0 Å². The van der Waals surface area contributed by atoms with E-state index in [4.69, 9.17) is 13.0 Å². The smallest absolute Gasteiger partial charge is 0.0673 e. The fourth-order valence-electron chi connectivity index (χ4n) is 1.15. The second kappa shape index (κ2) is 3.62. The summed E-state index contributed by atoms with van der Waals surface area (Å²) in [5, 5.41) is 4.75. The standard InChI is InChI=1S/C10H9ClN2/c11-10-5-2-1-4-9(10)8-13-7-3-6-12-13/h1-7H,8H2/i3D. The van der Waals surface area contributed by atoms with Crippen molar-refractivity contribution in [3.8, 4) is 0 Å². The highest BCUT2D eigenvalue weighted by molar-refractivity contribution is 6.31. The number of nitrogens with zero attached hydrogens (tertiary/aromatic N) is 2. The zero-order valence-corrected chi connectivity index (χ0v) is 7.70. The molecule has 1 aromatic carbocycles. The van der Waals surface area contributed by atoms with Crippen LogP contribution in [0.1, 0.15) is 6.93 Å². The third-order valence-electron chi connectivity index (χ3n) is 1.79. The summed E-state index contributed by atoms with van der Waals surface area (Å²) in [7, 11) is 0. The van der Waals surface area contributed by atoms with E-state index in [1.54, 1.807) is 10.9 Å². The van der Waals surface area contributed by atoms with E-state index in [-0.39, 0.29) is 0 Å². The largest absolute Gasteiger partial charge is 0.268 e. The Morgan fingerprint density at radius 2 is 2.31 bits per heavy atom. The van der Waals surface area contributed by atoms with E-state index >= 15 is 0 Å². The van der Waals surface area contributed by atoms with Crippen molar-refractivity contribution in [3.63, 3.8) is 0 Å². The molecular formula is C10H9ClN2. The second-order valence-electron chi connectivity index (χ2n) is 2.73. The van der Waals surface area contributed by atoms with Crippen molar-refractivity contribution in [1.82, 2.24) is 9.78 Å². The number of halogens is 1. The normalized spacial score (nSPS) is 11.3. The number of hydrogen-bond donors (Lipinski definition) is 0. The fourth-order valence-corrected chi connectivity index (χ4v) is 1.34. The van der Waals surface area contributed by atoms with Crippen LogP contribution in [-0.2, 0) is 6.54 Å². The average molecular weight is 194 g/mol. The third-order valence-corrected chi connectivity index (χ3v) is 2.16. The zero-order valence-electron chi connectivity index (χ0n) is 7.94. The molecule has 0 fully saturated rings. The molecule has 1 heterocycles. The zero-order chi connectivity index (χ0) is 9.97. The topological polar surface area (TPSA) is 17.8 Å². The van der Waals surface area contributed by atoms with Gasteiger partial charge in [-0.1, -0.05) is 29.8 Å². The van der Waals surface area contributed by atoms with E-state index in [0.717, 1.165) is 10.6 Å². The van der Waals surface area contributed by atoms with Gasteiger partial charge in [-0.05, 0) is 17.7 Å². The summed E-state index contributed by atoms with van der Waals surface area (Å²) in [4.78, 5) is 0. The van der Waals surface area contributed by atoms with Gasteiger partial charge >= 0.3 is 0 Å². The molecule has 0 atom stereocenters. The molecule has 2 nitrogen and oxygen atoms in total. The van der Waals surface area contributed by atoms with Gasteiger partial charge in [0.25, 0.3) is 0 Å². The summed E-state index contributed by atoms with van der Waals surface area (Å²) in [5.74, 6) is 0. The number of rotatable bonds is 2. The lowest BCUT2D eigenvalue weighted by atomic mass is 10.2. The lowest BCUT2D eigenvalue weighted by Gasteiger charge is -2.03. The Balaban J connectivity index is 2.23. The Labute approximate surface area is 83.2 Å². The maximum Gasteiger partial charge on any atom is 0.0673 e. The molecule has 0 spiro atoms. The molecule has 0 saturated heterocycles. The minimum atomic E-state index is 0.414. The molecule has 13 heavy (non-hydrogen) atoms. The van der Waals surface area contributed by atoms with Crippen LogP contribution in [0.5, 0.6) is 0 Å². The molecule has 0 amide bonds. The molecule has 0 N–H and O–H groups in total. The predicted octanol–water partition coefficient (Wildman–Crippen LogP) is 2.58. The van der Waals surface area contributed by atoms with E-state index in [0.29, 0.717) is 12.6 Å².